The molecule has 1 aliphatic heterocycles. The smallest absolute Gasteiger partial charge is 0.263 e. The summed E-state index contributed by atoms with van der Waals surface area (Å²) in [6, 6.07) is 0. The zero-order chi connectivity index (χ0) is 14.7. The standard InChI is InChI=1S/C13H21N3O3S.2ClH/c1-7-11(20-13(16-7)8(2)19-3)12(18)15-5-9-4-14-6-10(9)17;;/h8-10,14,17H,4-6H2,1-3H3,(H,15,18);2*1H. The summed E-state index contributed by atoms with van der Waals surface area (Å²) in [4.78, 5) is 17.2. The first kappa shape index (κ1) is 21.6. The Kier molecular flexibility index (Phi) is 9.45. The number of carbonyl (C=O) groups is 1. The first-order valence-electron chi connectivity index (χ1n) is 6.70. The molecule has 0 bridgehead atoms. The quantitative estimate of drug-likeness (QED) is 0.726. The molecular formula is C13H23Cl2N3O3S. The van der Waals surface area contributed by atoms with Crippen molar-refractivity contribution in [2.24, 2.45) is 5.92 Å². The Labute approximate surface area is 146 Å². The van der Waals surface area contributed by atoms with Crippen LogP contribution in [0.1, 0.15) is 33.4 Å². The predicted molar refractivity (Wildman–Crippen MR) is 91.5 cm³/mol. The number of aliphatic hydroxyl groups excluding tert-OH is 1. The third kappa shape index (κ3) is 5.04. The summed E-state index contributed by atoms with van der Waals surface area (Å²) in [5, 5.41) is 16.5. The Hall–Kier alpha value is -0.440. The second-order valence-corrected chi connectivity index (χ2v) is 6.07. The first-order chi connectivity index (χ1) is 9.52. The van der Waals surface area contributed by atoms with Crippen molar-refractivity contribution in [1.82, 2.24) is 15.6 Å². The van der Waals surface area contributed by atoms with E-state index in [2.05, 4.69) is 15.6 Å². The molecule has 0 aromatic carbocycles. The van der Waals surface area contributed by atoms with Crippen LogP contribution in [0.5, 0.6) is 0 Å². The molecule has 1 aromatic heterocycles. The zero-order valence-electron chi connectivity index (χ0n) is 12.8. The van der Waals surface area contributed by atoms with Crippen molar-refractivity contribution in [3.8, 4) is 0 Å². The van der Waals surface area contributed by atoms with Crippen molar-refractivity contribution in [1.29, 1.82) is 0 Å². The number of aromatic nitrogens is 1. The van der Waals surface area contributed by atoms with E-state index in [0.29, 0.717) is 18.0 Å². The van der Waals surface area contributed by atoms with Crippen molar-refractivity contribution in [3.63, 3.8) is 0 Å². The zero-order valence-corrected chi connectivity index (χ0v) is 15.2. The SMILES string of the molecule is COC(C)c1nc(C)c(C(=O)NCC2CNCC2O)s1.Cl.Cl. The lowest BCUT2D eigenvalue weighted by Crippen LogP contribution is -2.34. The molecular weight excluding hydrogens is 349 g/mol. The molecule has 3 N–H and O–H groups in total. The number of rotatable bonds is 5. The number of carbonyl (C=O) groups excluding carboxylic acids is 1. The number of hydrogen-bond acceptors (Lipinski definition) is 6. The van der Waals surface area contributed by atoms with Gasteiger partial charge in [-0.25, -0.2) is 4.98 Å². The molecule has 0 radical (unpaired) electrons. The van der Waals surface area contributed by atoms with Crippen molar-refractivity contribution in [3.05, 3.63) is 15.6 Å². The summed E-state index contributed by atoms with van der Waals surface area (Å²) in [6.07, 6.45) is -0.497. The Balaban J connectivity index is 0.00000220. The fourth-order valence-corrected chi connectivity index (χ4v) is 3.15. The average molecular weight is 372 g/mol. The monoisotopic (exact) mass is 371 g/mol. The van der Waals surface area contributed by atoms with E-state index in [1.54, 1.807) is 7.11 Å². The average Bonchev–Trinajstić information content (AvgIpc) is 3.01. The van der Waals surface area contributed by atoms with Gasteiger partial charge in [0.1, 0.15) is 16.0 Å². The second kappa shape index (κ2) is 9.64. The maximum Gasteiger partial charge on any atom is 0.263 e. The minimum Gasteiger partial charge on any atom is -0.391 e. The van der Waals surface area contributed by atoms with Crippen LogP contribution in [-0.4, -0.2) is 48.8 Å². The van der Waals surface area contributed by atoms with E-state index in [4.69, 9.17) is 4.74 Å². The van der Waals surface area contributed by atoms with Crippen LogP contribution in [0.15, 0.2) is 0 Å². The molecule has 1 amide bonds. The van der Waals surface area contributed by atoms with E-state index in [1.807, 2.05) is 13.8 Å². The van der Waals surface area contributed by atoms with Crippen LogP contribution in [0.3, 0.4) is 0 Å². The van der Waals surface area contributed by atoms with Crippen LogP contribution in [0, 0.1) is 12.8 Å². The van der Waals surface area contributed by atoms with Gasteiger partial charge >= 0.3 is 0 Å². The predicted octanol–water partition coefficient (Wildman–Crippen LogP) is 1.31. The van der Waals surface area contributed by atoms with Gasteiger partial charge in [-0.1, -0.05) is 0 Å². The molecule has 0 saturated carbocycles. The number of methoxy groups -OCH3 is 1. The summed E-state index contributed by atoms with van der Waals surface area (Å²) < 4.78 is 5.21. The Morgan fingerprint density at radius 3 is 2.77 bits per heavy atom. The van der Waals surface area contributed by atoms with E-state index in [-0.39, 0.29) is 48.8 Å². The van der Waals surface area contributed by atoms with Crippen LogP contribution in [0.25, 0.3) is 0 Å². The van der Waals surface area contributed by atoms with Crippen molar-refractivity contribution in [2.75, 3.05) is 26.7 Å². The molecule has 1 fully saturated rings. The van der Waals surface area contributed by atoms with Gasteiger partial charge in [0.15, 0.2) is 0 Å². The molecule has 2 rings (SSSR count). The number of nitrogens with zero attached hydrogens (tertiary/aromatic N) is 1. The van der Waals surface area contributed by atoms with Gasteiger partial charge < -0.3 is 20.5 Å². The molecule has 0 spiro atoms. The van der Waals surface area contributed by atoms with E-state index >= 15 is 0 Å². The fraction of sp³-hybridized carbons (Fsp3) is 0.692. The van der Waals surface area contributed by atoms with Gasteiger partial charge in [-0.3, -0.25) is 4.79 Å². The van der Waals surface area contributed by atoms with Gasteiger partial charge in [0.2, 0.25) is 0 Å². The Bertz CT molecular complexity index is 487. The minimum atomic E-state index is -0.387. The number of nitrogens with one attached hydrogen (secondary N) is 2. The molecule has 2 heterocycles. The molecule has 1 saturated heterocycles. The molecule has 9 heteroatoms. The van der Waals surface area contributed by atoms with E-state index in [1.165, 1.54) is 11.3 Å². The third-order valence-corrected chi connectivity index (χ3v) is 4.87. The highest BCUT2D eigenvalue weighted by atomic mass is 35.5. The number of amides is 1. The summed E-state index contributed by atoms with van der Waals surface area (Å²) in [5.74, 6) is -0.0572. The lowest BCUT2D eigenvalue weighted by molar-refractivity contribution is 0.0930. The maximum atomic E-state index is 12.2. The lowest BCUT2D eigenvalue weighted by Gasteiger charge is -2.13. The second-order valence-electron chi connectivity index (χ2n) is 5.04. The van der Waals surface area contributed by atoms with Crippen LogP contribution in [-0.2, 0) is 4.74 Å². The number of aliphatic hydroxyl groups is 1. The third-order valence-electron chi connectivity index (χ3n) is 3.55. The Morgan fingerprint density at radius 2 is 2.23 bits per heavy atom. The molecule has 1 aromatic rings. The van der Waals surface area contributed by atoms with Crippen molar-refractivity contribution in [2.45, 2.75) is 26.1 Å². The van der Waals surface area contributed by atoms with Gasteiger partial charge in [0, 0.05) is 32.7 Å². The van der Waals surface area contributed by atoms with Crippen molar-refractivity contribution >= 4 is 42.1 Å². The summed E-state index contributed by atoms with van der Waals surface area (Å²) in [5.41, 5.74) is 0.719. The number of ether oxygens (including phenoxy) is 1. The number of thiazole rings is 1. The molecule has 22 heavy (non-hydrogen) atoms. The molecule has 3 unspecified atom stereocenters. The number of halogens is 2. The van der Waals surface area contributed by atoms with E-state index in [9.17, 15) is 9.90 Å². The summed E-state index contributed by atoms with van der Waals surface area (Å²) in [7, 11) is 1.62. The highest BCUT2D eigenvalue weighted by Gasteiger charge is 2.26. The topological polar surface area (TPSA) is 83.5 Å². The fourth-order valence-electron chi connectivity index (χ4n) is 2.13. The van der Waals surface area contributed by atoms with E-state index < -0.39 is 0 Å². The maximum absolute atomic E-state index is 12.2. The van der Waals surface area contributed by atoms with Gasteiger partial charge in [-0.15, -0.1) is 36.2 Å². The van der Waals surface area contributed by atoms with Gasteiger partial charge in [0.25, 0.3) is 5.91 Å². The highest BCUT2D eigenvalue weighted by molar-refractivity contribution is 7.13. The minimum absolute atomic E-state index is 0. The van der Waals surface area contributed by atoms with Crippen molar-refractivity contribution < 1.29 is 14.6 Å². The van der Waals surface area contributed by atoms with E-state index in [0.717, 1.165) is 17.2 Å². The number of aryl methyl sites for hydroxylation is 1. The largest absolute Gasteiger partial charge is 0.391 e. The highest BCUT2D eigenvalue weighted by Crippen LogP contribution is 2.25. The summed E-state index contributed by atoms with van der Waals surface area (Å²) >= 11 is 1.36. The molecule has 1 aliphatic rings. The first-order valence-corrected chi connectivity index (χ1v) is 7.51. The summed E-state index contributed by atoms with van der Waals surface area (Å²) in [6.45, 7) is 5.52. The van der Waals surface area contributed by atoms with Crippen LogP contribution < -0.4 is 10.6 Å². The van der Waals surface area contributed by atoms with Gasteiger partial charge in [-0.2, -0.15) is 0 Å². The molecule has 0 aliphatic carbocycles. The number of β-amino-alcohol motifs (C(OH)–C–C–N with tert-alkyl or cyclic N) is 1. The Morgan fingerprint density at radius 1 is 1.55 bits per heavy atom. The molecule has 3 atom stereocenters. The van der Waals surface area contributed by atoms with Crippen LogP contribution >= 0.6 is 36.2 Å². The lowest BCUT2D eigenvalue weighted by atomic mass is 10.1. The van der Waals surface area contributed by atoms with Gasteiger partial charge in [-0.05, 0) is 13.8 Å². The number of hydrogen-bond donors (Lipinski definition) is 3. The molecule has 128 valence electrons. The van der Waals surface area contributed by atoms with Crippen LogP contribution in [0.2, 0.25) is 0 Å². The normalized spacial score (nSPS) is 21.6. The molecule has 6 nitrogen and oxygen atoms in total. The van der Waals surface area contributed by atoms with Gasteiger partial charge in [0.05, 0.1) is 11.8 Å². The van der Waals surface area contributed by atoms with Crippen LogP contribution in [0.4, 0.5) is 0 Å².